The van der Waals surface area contributed by atoms with E-state index < -0.39 is 9.84 Å². The van der Waals surface area contributed by atoms with Crippen molar-refractivity contribution in [2.24, 2.45) is 0 Å². The van der Waals surface area contributed by atoms with Gasteiger partial charge in [0.05, 0.1) is 0 Å². The average Bonchev–Trinajstić information content (AvgIpc) is 2.12. The fraction of sp³-hybridized carbons (Fsp3) is 0.400. The molecule has 0 aliphatic rings. The van der Waals surface area contributed by atoms with Crippen LogP contribution in [0, 0.1) is 0 Å². The molecule has 0 heterocycles. The molecule has 84 valence electrons. The number of aliphatic hydroxyl groups excluding tert-OH is 1. The Kier molecular flexibility index (Phi) is 3.71. The lowest BCUT2D eigenvalue weighted by molar-refractivity contribution is 0.288. The summed E-state index contributed by atoms with van der Waals surface area (Å²) in [6.45, 7) is 0.0780. The van der Waals surface area contributed by atoms with E-state index >= 15 is 0 Å². The van der Waals surface area contributed by atoms with Gasteiger partial charge in [0, 0.05) is 12.9 Å². The van der Waals surface area contributed by atoms with Crippen LogP contribution in [0.5, 0.6) is 5.75 Å². The minimum Gasteiger partial charge on any atom is -0.507 e. The van der Waals surface area contributed by atoms with Gasteiger partial charge in [-0.05, 0) is 30.5 Å². The molecule has 1 aromatic carbocycles. The highest BCUT2D eigenvalue weighted by Crippen LogP contribution is 2.24. The molecule has 1 rings (SSSR count). The van der Waals surface area contributed by atoms with E-state index in [2.05, 4.69) is 0 Å². The maximum Gasteiger partial charge on any atom is 0.179 e. The summed E-state index contributed by atoms with van der Waals surface area (Å²) < 4.78 is 22.4. The molecule has 0 atom stereocenters. The topological polar surface area (TPSA) is 74.6 Å². The largest absolute Gasteiger partial charge is 0.507 e. The van der Waals surface area contributed by atoms with E-state index in [1.165, 1.54) is 12.1 Å². The van der Waals surface area contributed by atoms with Gasteiger partial charge in [0.15, 0.2) is 9.84 Å². The van der Waals surface area contributed by atoms with Gasteiger partial charge in [-0.3, -0.25) is 0 Å². The zero-order valence-corrected chi connectivity index (χ0v) is 9.29. The Bertz CT molecular complexity index is 437. The van der Waals surface area contributed by atoms with Gasteiger partial charge >= 0.3 is 0 Å². The number of phenols is 1. The van der Waals surface area contributed by atoms with Gasteiger partial charge in [0.2, 0.25) is 0 Å². The van der Waals surface area contributed by atoms with Gasteiger partial charge in [0.1, 0.15) is 10.6 Å². The Hall–Kier alpha value is -1.07. The number of rotatable bonds is 4. The quantitative estimate of drug-likeness (QED) is 0.799. The third kappa shape index (κ3) is 3.21. The van der Waals surface area contributed by atoms with Crippen LogP contribution < -0.4 is 0 Å². The van der Waals surface area contributed by atoms with Crippen LogP contribution in [0.2, 0.25) is 0 Å². The molecule has 0 amide bonds. The number of benzene rings is 1. The fourth-order valence-corrected chi connectivity index (χ4v) is 2.07. The monoisotopic (exact) mass is 230 g/mol. The maximum absolute atomic E-state index is 11.2. The highest BCUT2D eigenvalue weighted by Gasteiger charge is 2.12. The zero-order valence-electron chi connectivity index (χ0n) is 8.47. The van der Waals surface area contributed by atoms with Crippen molar-refractivity contribution in [2.45, 2.75) is 17.7 Å². The highest BCUT2D eigenvalue weighted by atomic mass is 32.2. The first-order valence-corrected chi connectivity index (χ1v) is 6.47. The van der Waals surface area contributed by atoms with E-state index in [9.17, 15) is 13.5 Å². The lowest BCUT2D eigenvalue weighted by atomic mass is 10.1. The third-order valence-corrected chi connectivity index (χ3v) is 3.19. The van der Waals surface area contributed by atoms with E-state index in [1.807, 2.05) is 0 Å². The zero-order chi connectivity index (χ0) is 11.5. The summed E-state index contributed by atoms with van der Waals surface area (Å²) in [5.74, 6) is -0.229. The second-order valence-corrected chi connectivity index (χ2v) is 5.39. The summed E-state index contributed by atoms with van der Waals surface area (Å²) in [5.41, 5.74) is 0.814. The normalized spacial score (nSPS) is 11.6. The Morgan fingerprint density at radius 2 is 2.00 bits per heavy atom. The van der Waals surface area contributed by atoms with E-state index in [0.29, 0.717) is 12.8 Å². The standard InChI is InChI=1S/C10H14O4S/c1-15(13,14)10-5-4-8(3-2-6-11)7-9(10)12/h4-5,7,11-12H,2-3,6H2,1H3. The average molecular weight is 230 g/mol. The molecule has 0 unspecified atom stereocenters. The number of sulfone groups is 1. The summed E-state index contributed by atoms with van der Waals surface area (Å²) in [5, 5.41) is 18.1. The highest BCUT2D eigenvalue weighted by molar-refractivity contribution is 7.90. The summed E-state index contributed by atoms with van der Waals surface area (Å²) in [4.78, 5) is -0.0600. The second-order valence-electron chi connectivity index (χ2n) is 3.40. The van der Waals surface area contributed by atoms with Gasteiger partial charge in [-0.1, -0.05) is 6.07 Å². The second kappa shape index (κ2) is 4.63. The Morgan fingerprint density at radius 3 is 2.47 bits per heavy atom. The van der Waals surface area contributed by atoms with E-state index in [1.54, 1.807) is 6.07 Å². The predicted octanol–water partition coefficient (Wildman–Crippen LogP) is 0.721. The molecule has 15 heavy (non-hydrogen) atoms. The molecule has 0 radical (unpaired) electrons. The molecule has 2 N–H and O–H groups in total. The summed E-state index contributed by atoms with van der Waals surface area (Å²) in [6, 6.07) is 4.45. The Balaban J connectivity index is 2.99. The molecule has 0 aromatic heterocycles. The van der Waals surface area contributed by atoms with Crippen LogP contribution in [0.4, 0.5) is 0 Å². The van der Waals surface area contributed by atoms with Crippen molar-refractivity contribution in [3.8, 4) is 5.75 Å². The van der Waals surface area contributed by atoms with Crippen molar-refractivity contribution in [1.82, 2.24) is 0 Å². The van der Waals surface area contributed by atoms with E-state index in [-0.39, 0.29) is 17.3 Å². The summed E-state index contributed by atoms with van der Waals surface area (Å²) in [6.07, 6.45) is 2.27. The van der Waals surface area contributed by atoms with Crippen molar-refractivity contribution in [2.75, 3.05) is 12.9 Å². The Labute approximate surface area is 89.1 Å². The molecule has 0 bridgehead atoms. The maximum atomic E-state index is 11.2. The number of aromatic hydroxyl groups is 1. The van der Waals surface area contributed by atoms with Crippen molar-refractivity contribution in [3.63, 3.8) is 0 Å². The van der Waals surface area contributed by atoms with E-state index in [4.69, 9.17) is 5.11 Å². The third-order valence-electron chi connectivity index (χ3n) is 2.05. The smallest absolute Gasteiger partial charge is 0.179 e. The van der Waals surface area contributed by atoms with Crippen LogP contribution >= 0.6 is 0 Å². The number of phenolic OH excluding ortho intramolecular Hbond substituents is 1. The van der Waals surface area contributed by atoms with Crippen molar-refractivity contribution in [3.05, 3.63) is 23.8 Å². The molecule has 0 fully saturated rings. The number of hydrogen-bond donors (Lipinski definition) is 2. The molecule has 0 saturated heterocycles. The first kappa shape index (κ1) is 12.0. The molecule has 0 aliphatic heterocycles. The molecule has 5 heteroatoms. The first-order chi connectivity index (χ1) is 6.95. The minimum absolute atomic E-state index is 0.0600. The Morgan fingerprint density at radius 1 is 1.33 bits per heavy atom. The number of hydrogen-bond acceptors (Lipinski definition) is 4. The number of aryl methyl sites for hydroxylation is 1. The van der Waals surface area contributed by atoms with Gasteiger partial charge in [-0.2, -0.15) is 0 Å². The summed E-state index contributed by atoms with van der Waals surface area (Å²) in [7, 11) is -3.37. The molecule has 0 saturated carbocycles. The molecular formula is C10H14O4S. The van der Waals surface area contributed by atoms with Crippen LogP contribution in [0.1, 0.15) is 12.0 Å². The van der Waals surface area contributed by atoms with Crippen LogP contribution in [0.3, 0.4) is 0 Å². The van der Waals surface area contributed by atoms with Crippen molar-refractivity contribution >= 4 is 9.84 Å². The van der Waals surface area contributed by atoms with Crippen LogP contribution in [0.15, 0.2) is 23.1 Å². The fourth-order valence-electron chi connectivity index (χ4n) is 1.32. The predicted molar refractivity (Wildman–Crippen MR) is 56.6 cm³/mol. The van der Waals surface area contributed by atoms with Crippen LogP contribution in [-0.4, -0.2) is 31.5 Å². The lowest BCUT2D eigenvalue weighted by Crippen LogP contribution is -1.98. The first-order valence-electron chi connectivity index (χ1n) is 4.58. The van der Waals surface area contributed by atoms with Gasteiger partial charge in [-0.25, -0.2) is 8.42 Å². The molecule has 4 nitrogen and oxygen atoms in total. The van der Waals surface area contributed by atoms with E-state index in [0.717, 1.165) is 11.8 Å². The van der Waals surface area contributed by atoms with Gasteiger partial charge < -0.3 is 10.2 Å². The minimum atomic E-state index is -3.37. The van der Waals surface area contributed by atoms with Gasteiger partial charge in [-0.15, -0.1) is 0 Å². The molecular weight excluding hydrogens is 216 g/mol. The van der Waals surface area contributed by atoms with Crippen LogP contribution in [-0.2, 0) is 16.3 Å². The number of aliphatic hydroxyl groups is 1. The molecule has 0 spiro atoms. The van der Waals surface area contributed by atoms with Gasteiger partial charge in [0.25, 0.3) is 0 Å². The van der Waals surface area contributed by atoms with Crippen molar-refractivity contribution < 1.29 is 18.6 Å². The summed E-state index contributed by atoms with van der Waals surface area (Å²) >= 11 is 0. The van der Waals surface area contributed by atoms with Crippen molar-refractivity contribution in [1.29, 1.82) is 0 Å². The SMILES string of the molecule is CS(=O)(=O)c1ccc(CCCO)cc1O. The molecule has 0 aliphatic carbocycles. The lowest BCUT2D eigenvalue weighted by Gasteiger charge is -2.05. The molecule has 1 aromatic rings. The van der Waals surface area contributed by atoms with Crippen LogP contribution in [0.25, 0.3) is 0 Å².